The number of ether oxygens (including phenoxy) is 1. The molecule has 1 aromatic rings. The van der Waals surface area contributed by atoms with E-state index in [1.807, 2.05) is 6.92 Å². The van der Waals surface area contributed by atoms with Crippen LogP contribution in [0.2, 0.25) is 0 Å². The van der Waals surface area contributed by atoms with Crippen LogP contribution in [0.15, 0.2) is 12.1 Å². The SMILES string of the molecule is CCCCOc1c(F)cc([C@@H](C)O)cc1F. The van der Waals surface area contributed by atoms with E-state index >= 15 is 0 Å². The van der Waals surface area contributed by atoms with Crippen LogP contribution in [-0.4, -0.2) is 11.7 Å². The molecule has 0 aromatic heterocycles. The number of halogens is 2. The molecule has 0 amide bonds. The molecule has 0 heterocycles. The van der Waals surface area contributed by atoms with E-state index in [4.69, 9.17) is 4.74 Å². The molecule has 0 spiro atoms. The highest BCUT2D eigenvalue weighted by Crippen LogP contribution is 2.26. The zero-order valence-corrected chi connectivity index (χ0v) is 9.46. The third kappa shape index (κ3) is 3.17. The first-order valence-corrected chi connectivity index (χ1v) is 5.36. The molecule has 1 aromatic carbocycles. The Hall–Kier alpha value is -1.16. The number of benzene rings is 1. The van der Waals surface area contributed by atoms with E-state index in [1.54, 1.807) is 0 Å². The predicted octanol–water partition coefficient (Wildman–Crippen LogP) is 3.20. The number of rotatable bonds is 5. The second-order valence-corrected chi connectivity index (χ2v) is 3.69. The van der Waals surface area contributed by atoms with Crippen molar-refractivity contribution in [2.45, 2.75) is 32.8 Å². The highest BCUT2D eigenvalue weighted by Gasteiger charge is 2.14. The fourth-order valence-electron chi connectivity index (χ4n) is 1.28. The quantitative estimate of drug-likeness (QED) is 0.787. The molecule has 0 fully saturated rings. The van der Waals surface area contributed by atoms with E-state index in [9.17, 15) is 13.9 Å². The Morgan fingerprint density at radius 1 is 1.31 bits per heavy atom. The summed E-state index contributed by atoms with van der Waals surface area (Å²) in [5.41, 5.74) is 0.206. The Kier molecular flexibility index (Phi) is 4.68. The van der Waals surface area contributed by atoms with Gasteiger partial charge in [0.05, 0.1) is 12.7 Å². The molecule has 90 valence electrons. The largest absolute Gasteiger partial charge is 0.488 e. The molecular formula is C12H16F2O2. The van der Waals surface area contributed by atoms with Crippen molar-refractivity contribution in [1.82, 2.24) is 0 Å². The second kappa shape index (κ2) is 5.80. The maximum Gasteiger partial charge on any atom is 0.190 e. The number of hydrogen-bond acceptors (Lipinski definition) is 2. The first-order valence-electron chi connectivity index (χ1n) is 5.36. The van der Waals surface area contributed by atoms with Gasteiger partial charge in [0.25, 0.3) is 0 Å². The molecule has 0 radical (unpaired) electrons. The molecule has 0 saturated carbocycles. The van der Waals surface area contributed by atoms with E-state index in [0.29, 0.717) is 6.61 Å². The molecule has 4 heteroatoms. The lowest BCUT2D eigenvalue weighted by Gasteiger charge is -2.11. The summed E-state index contributed by atoms with van der Waals surface area (Å²) in [5, 5.41) is 9.20. The normalized spacial score (nSPS) is 12.6. The number of aliphatic hydroxyl groups excluding tert-OH is 1. The van der Waals surface area contributed by atoms with Crippen molar-refractivity contribution in [1.29, 1.82) is 0 Å². The van der Waals surface area contributed by atoms with Gasteiger partial charge < -0.3 is 9.84 Å². The summed E-state index contributed by atoms with van der Waals surface area (Å²) >= 11 is 0. The zero-order chi connectivity index (χ0) is 12.1. The van der Waals surface area contributed by atoms with Crippen LogP contribution in [0.1, 0.15) is 38.4 Å². The fourth-order valence-corrected chi connectivity index (χ4v) is 1.28. The van der Waals surface area contributed by atoms with Crippen molar-refractivity contribution in [3.05, 3.63) is 29.3 Å². The highest BCUT2D eigenvalue weighted by atomic mass is 19.1. The van der Waals surface area contributed by atoms with Crippen molar-refractivity contribution in [3.8, 4) is 5.75 Å². The van der Waals surface area contributed by atoms with Crippen LogP contribution in [0, 0.1) is 11.6 Å². The minimum atomic E-state index is -0.895. The first kappa shape index (κ1) is 12.9. The molecule has 1 rings (SSSR count). The monoisotopic (exact) mass is 230 g/mol. The van der Waals surface area contributed by atoms with Gasteiger partial charge in [0.2, 0.25) is 0 Å². The predicted molar refractivity (Wildman–Crippen MR) is 57.4 cm³/mol. The Morgan fingerprint density at radius 2 is 1.88 bits per heavy atom. The van der Waals surface area contributed by atoms with Crippen molar-refractivity contribution in [2.24, 2.45) is 0 Å². The van der Waals surface area contributed by atoms with Crippen LogP contribution in [0.4, 0.5) is 8.78 Å². The number of hydrogen-bond donors (Lipinski definition) is 1. The average molecular weight is 230 g/mol. The van der Waals surface area contributed by atoms with E-state index < -0.39 is 17.7 Å². The lowest BCUT2D eigenvalue weighted by Crippen LogP contribution is -2.03. The molecule has 0 saturated heterocycles. The van der Waals surface area contributed by atoms with Crippen LogP contribution < -0.4 is 4.74 Å². The Bertz CT molecular complexity index is 328. The van der Waals surface area contributed by atoms with Crippen molar-refractivity contribution >= 4 is 0 Å². The van der Waals surface area contributed by atoms with E-state index in [2.05, 4.69) is 0 Å². The van der Waals surface area contributed by atoms with E-state index in [0.717, 1.165) is 25.0 Å². The van der Waals surface area contributed by atoms with Crippen LogP contribution in [-0.2, 0) is 0 Å². The summed E-state index contributed by atoms with van der Waals surface area (Å²) in [6.45, 7) is 3.71. The van der Waals surface area contributed by atoms with Crippen LogP contribution in [0.25, 0.3) is 0 Å². The molecule has 16 heavy (non-hydrogen) atoms. The molecule has 1 N–H and O–H groups in total. The molecule has 0 bridgehead atoms. The summed E-state index contributed by atoms with van der Waals surface area (Å²) in [6, 6.07) is 2.18. The Morgan fingerprint density at radius 3 is 2.31 bits per heavy atom. The standard InChI is InChI=1S/C12H16F2O2/c1-3-4-5-16-12-10(13)6-9(8(2)15)7-11(12)14/h6-8,15H,3-5H2,1-2H3/t8-/m1/s1. The lowest BCUT2D eigenvalue weighted by atomic mass is 10.1. The molecule has 0 aliphatic rings. The maximum absolute atomic E-state index is 13.4. The van der Waals surface area contributed by atoms with Gasteiger partial charge in [-0.15, -0.1) is 0 Å². The summed E-state index contributed by atoms with van der Waals surface area (Å²) in [6.07, 6.45) is 0.750. The molecule has 2 nitrogen and oxygen atoms in total. The smallest absolute Gasteiger partial charge is 0.190 e. The van der Waals surface area contributed by atoms with Gasteiger partial charge in [0.1, 0.15) is 0 Å². The van der Waals surface area contributed by atoms with Crippen LogP contribution in [0.3, 0.4) is 0 Å². The van der Waals surface area contributed by atoms with Crippen molar-refractivity contribution in [2.75, 3.05) is 6.61 Å². The third-order valence-electron chi connectivity index (χ3n) is 2.25. The fraction of sp³-hybridized carbons (Fsp3) is 0.500. The summed E-state index contributed by atoms with van der Waals surface area (Å²) < 4.78 is 31.9. The highest BCUT2D eigenvalue weighted by molar-refractivity contribution is 5.32. The Labute approximate surface area is 93.9 Å². The summed E-state index contributed by atoms with van der Waals surface area (Å²) in [5.74, 6) is -1.91. The van der Waals surface area contributed by atoms with Gasteiger partial charge in [-0.1, -0.05) is 13.3 Å². The van der Waals surface area contributed by atoms with Gasteiger partial charge in [-0.2, -0.15) is 0 Å². The van der Waals surface area contributed by atoms with Gasteiger partial charge in [-0.25, -0.2) is 8.78 Å². The third-order valence-corrected chi connectivity index (χ3v) is 2.25. The van der Waals surface area contributed by atoms with E-state index in [1.165, 1.54) is 6.92 Å². The van der Waals surface area contributed by atoms with Gasteiger partial charge >= 0.3 is 0 Å². The summed E-state index contributed by atoms with van der Waals surface area (Å²) in [4.78, 5) is 0. The van der Waals surface area contributed by atoms with Gasteiger partial charge in [0, 0.05) is 0 Å². The lowest BCUT2D eigenvalue weighted by molar-refractivity contribution is 0.197. The minimum absolute atomic E-state index is 0.206. The molecule has 0 unspecified atom stereocenters. The van der Waals surface area contributed by atoms with Gasteiger partial charge in [0.15, 0.2) is 17.4 Å². The van der Waals surface area contributed by atoms with Crippen LogP contribution >= 0.6 is 0 Å². The Balaban J connectivity index is 2.85. The summed E-state index contributed by atoms with van der Waals surface area (Å²) in [7, 11) is 0. The van der Waals surface area contributed by atoms with Crippen molar-refractivity contribution < 1.29 is 18.6 Å². The molecule has 1 atom stereocenters. The van der Waals surface area contributed by atoms with Crippen molar-refractivity contribution in [3.63, 3.8) is 0 Å². The number of aliphatic hydroxyl groups is 1. The zero-order valence-electron chi connectivity index (χ0n) is 9.46. The second-order valence-electron chi connectivity index (χ2n) is 3.69. The molecular weight excluding hydrogens is 214 g/mol. The average Bonchev–Trinajstić information content (AvgIpc) is 2.21. The van der Waals surface area contributed by atoms with Gasteiger partial charge in [-0.05, 0) is 31.0 Å². The van der Waals surface area contributed by atoms with Crippen LogP contribution in [0.5, 0.6) is 5.75 Å². The maximum atomic E-state index is 13.4. The minimum Gasteiger partial charge on any atom is -0.488 e. The molecule has 0 aliphatic carbocycles. The number of unbranched alkanes of at least 4 members (excludes halogenated alkanes) is 1. The molecule has 0 aliphatic heterocycles. The van der Waals surface area contributed by atoms with Gasteiger partial charge in [-0.3, -0.25) is 0 Å². The van der Waals surface area contributed by atoms with E-state index in [-0.39, 0.29) is 11.3 Å². The topological polar surface area (TPSA) is 29.5 Å². The first-order chi connectivity index (χ1) is 7.56.